The lowest BCUT2D eigenvalue weighted by atomic mass is 10.0. The molecular formula is C11H20N4O. The fourth-order valence-electron chi connectivity index (χ4n) is 1.72. The third kappa shape index (κ3) is 2.59. The van der Waals surface area contributed by atoms with Crippen LogP contribution in [0.25, 0.3) is 0 Å². The summed E-state index contributed by atoms with van der Waals surface area (Å²) in [6.07, 6.45) is 1.60. The number of rotatable bonds is 5. The van der Waals surface area contributed by atoms with Crippen LogP contribution < -0.4 is 5.32 Å². The molecular weight excluding hydrogens is 204 g/mol. The van der Waals surface area contributed by atoms with Crippen molar-refractivity contribution in [3.05, 3.63) is 12.2 Å². The van der Waals surface area contributed by atoms with Crippen molar-refractivity contribution in [2.45, 2.75) is 39.5 Å². The van der Waals surface area contributed by atoms with E-state index < -0.39 is 0 Å². The fraction of sp³-hybridized carbons (Fsp3) is 0.818. The molecule has 16 heavy (non-hydrogen) atoms. The largest absolute Gasteiger partial charge is 0.365 e. The van der Waals surface area contributed by atoms with E-state index in [-0.39, 0.29) is 5.60 Å². The zero-order valence-electron chi connectivity index (χ0n) is 10.2. The van der Waals surface area contributed by atoms with Gasteiger partial charge in [0.2, 0.25) is 0 Å². The van der Waals surface area contributed by atoms with Gasteiger partial charge >= 0.3 is 0 Å². The van der Waals surface area contributed by atoms with Crippen molar-refractivity contribution in [1.29, 1.82) is 0 Å². The summed E-state index contributed by atoms with van der Waals surface area (Å²) in [4.78, 5) is 4.24. The van der Waals surface area contributed by atoms with Gasteiger partial charge in [-0.05, 0) is 12.8 Å². The van der Waals surface area contributed by atoms with Crippen molar-refractivity contribution in [2.24, 2.45) is 5.92 Å². The number of aromatic nitrogens is 3. The molecule has 0 amide bonds. The van der Waals surface area contributed by atoms with E-state index in [0.29, 0.717) is 12.5 Å². The van der Waals surface area contributed by atoms with Crippen LogP contribution in [0.4, 0.5) is 0 Å². The van der Waals surface area contributed by atoms with Gasteiger partial charge in [-0.1, -0.05) is 13.8 Å². The molecule has 0 bridgehead atoms. The number of ether oxygens (including phenoxy) is 1. The van der Waals surface area contributed by atoms with Gasteiger partial charge in [-0.2, -0.15) is 5.10 Å². The van der Waals surface area contributed by atoms with Gasteiger partial charge in [-0.15, -0.1) is 0 Å². The summed E-state index contributed by atoms with van der Waals surface area (Å²) >= 11 is 0. The van der Waals surface area contributed by atoms with E-state index in [2.05, 4.69) is 36.2 Å². The molecule has 1 fully saturated rings. The van der Waals surface area contributed by atoms with Crippen LogP contribution in [0.15, 0.2) is 6.33 Å². The van der Waals surface area contributed by atoms with E-state index >= 15 is 0 Å². The Labute approximate surface area is 96.2 Å². The van der Waals surface area contributed by atoms with E-state index in [0.717, 1.165) is 25.5 Å². The zero-order valence-corrected chi connectivity index (χ0v) is 10.2. The van der Waals surface area contributed by atoms with E-state index in [9.17, 15) is 0 Å². The first kappa shape index (κ1) is 11.5. The molecule has 1 aromatic rings. The number of hydrogen-bond donors (Lipinski definition) is 1. The van der Waals surface area contributed by atoms with Crippen molar-refractivity contribution >= 4 is 0 Å². The third-order valence-corrected chi connectivity index (χ3v) is 2.78. The average Bonchev–Trinajstić information content (AvgIpc) is 2.58. The maximum atomic E-state index is 5.85. The van der Waals surface area contributed by atoms with Crippen LogP contribution in [0.1, 0.15) is 26.6 Å². The van der Waals surface area contributed by atoms with E-state index in [1.54, 1.807) is 6.33 Å². The smallest absolute Gasteiger partial charge is 0.152 e. The Morgan fingerprint density at radius 1 is 1.56 bits per heavy atom. The van der Waals surface area contributed by atoms with Gasteiger partial charge in [0, 0.05) is 19.6 Å². The minimum atomic E-state index is -0.0192. The normalized spacial score (nSPS) is 18.8. The fourth-order valence-corrected chi connectivity index (χ4v) is 1.72. The molecule has 0 aliphatic carbocycles. The Balaban J connectivity index is 1.91. The monoisotopic (exact) mass is 224 g/mol. The molecule has 0 aromatic carbocycles. The van der Waals surface area contributed by atoms with Crippen molar-refractivity contribution in [1.82, 2.24) is 20.1 Å². The predicted octanol–water partition coefficient (Wildman–Crippen LogP) is 0.813. The molecule has 0 unspecified atom stereocenters. The zero-order chi connectivity index (χ0) is 11.6. The summed E-state index contributed by atoms with van der Waals surface area (Å²) < 4.78 is 7.78. The molecule has 2 heterocycles. The predicted molar refractivity (Wildman–Crippen MR) is 60.9 cm³/mol. The topological polar surface area (TPSA) is 52.0 Å². The van der Waals surface area contributed by atoms with E-state index in [1.165, 1.54) is 0 Å². The molecule has 1 saturated heterocycles. The minimum absolute atomic E-state index is 0.0192. The highest BCUT2D eigenvalue weighted by atomic mass is 16.5. The molecule has 0 radical (unpaired) electrons. The molecule has 0 spiro atoms. The van der Waals surface area contributed by atoms with Crippen molar-refractivity contribution < 1.29 is 4.74 Å². The SMILES string of the molecule is CC(C)Cn1ncnc1COC1(C)CNC1. The number of nitrogens with one attached hydrogen (secondary N) is 1. The quantitative estimate of drug-likeness (QED) is 0.804. The van der Waals surface area contributed by atoms with Crippen LogP contribution in [0, 0.1) is 5.92 Å². The lowest BCUT2D eigenvalue weighted by molar-refractivity contribution is -0.0800. The van der Waals surface area contributed by atoms with E-state index in [1.807, 2.05) is 4.68 Å². The molecule has 0 atom stereocenters. The molecule has 5 nitrogen and oxygen atoms in total. The maximum Gasteiger partial charge on any atom is 0.152 e. The highest BCUT2D eigenvalue weighted by Gasteiger charge is 2.32. The highest BCUT2D eigenvalue weighted by molar-refractivity contribution is 4.92. The van der Waals surface area contributed by atoms with Crippen LogP contribution in [0.5, 0.6) is 0 Å². The molecule has 2 rings (SSSR count). The van der Waals surface area contributed by atoms with Gasteiger partial charge in [0.15, 0.2) is 5.82 Å². The van der Waals surface area contributed by atoms with E-state index in [4.69, 9.17) is 4.74 Å². The third-order valence-electron chi connectivity index (χ3n) is 2.78. The first-order valence-corrected chi connectivity index (χ1v) is 5.80. The van der Waals surface area contributed by atoms with Crippen molar-refractivity contribution in [3.8, 4) is 0 Å². The van der Waals surface area contributed by atoms with Gasteiger partial charge in [-0.25, -0.2) is 9.67 Å². The lowest BCUT2D eigenvalue weighted by Gasteiger charge is -2.38. The van der Waals surface area contributed by atoms with Gasteiger partial charge in [0.1, 0.15) is 12.9 Å². The van der Waals surface area contributed by atoms with Crippen LogP contribution in [0.2, 0.25) is 0 Å². The van der Waals surface area contributed by atoms with Crippen LogP contribution >= 0.6 is 0 Å². The molecule has 1 aliphatic rings. The summed E-state index contributed by atoms with van der Waals surface area (Å²) in [6, 6.07) is 0. The Morgan fingerprint density at radius 2 is 2.31 bits per heavy atom. The second-order valence-corrected chi connectivity index (χ2v) is 5.09. The Morgan fingerprint density at radius 3 is 2.88 bits per heavy atom. The van der Waals surface area contributed by atoms with Gasteiger partial charge in [0.25, 0.3) is 0 Å². The molecule has 90 valence electrons. The summed E-state index contributed by atoms with van der Waals surface area (Å²) in [6.45, 7) is 9.74. The highest BCUT2D eigenvalue weighted by Crippen LogP contribution is 2.17. The van der Waals surface area contributed by atoms with Gasteiger partial charge in [-0.3, -0.25) is 0 Å². The first-order chi connectivity index (χ1) is 7.59. The summed E-state index contributed by atoms with van der Waals surface area (Å²) in [5.41, 5.74) is -0.0192. The second kappa shape index (κ2) is 4.51. The summed E-state index contributed by atoms with van der Waals surface area (Å²) in [5.74, 6) is 1.49. The van der Waals surface area contributed by atoms with Crippen molar-refractivity contribution in [3.63, 3.8) is 0 Å². The molecule has 0 saturated carbocycles. The van der Waals surface area contributed by atoms with Crippen molar-refractivity contribution in [2.75, 3.05) is 13.1 Å². The Bertz CT molecular complexity index is 344. The Kier molecular flexibility index (Phi) is 3.25. The summed E-state index contributed by atoms with van der Waals surface area (Å²) in [5, 5.41) is 7.42. The minimum Gasteiger partial charge on any atom is -0.365 e. The summed E-state index contributed by atoms with van der Waals surface area (Å²) in [7, 11) is 0. The molecule has 1 aliphatic heterocycles. The Hall–Kier alpha value is -0.940. The maximum absolute atomic E-state index is 5.85. The molecule has 5 heteroatoms. The van der Waals surface area contributed by atoms with Crippen LogP contribution in [-0.4, -0.2) is 33.5 Å². The standard InChI is InChI=1S/C11H20N4O/c1-9(2)4-15-10(13-8-14-15)5-16-11(3)6-12-7-11/h8-9,12H,4-7H2,1-3H3. The second-order valence-electron chi connectivity index (χ2n) is 5.09. The lowest BCUT2D eigenvalue weighted by Crippen LogP contribution is -2.58. The van der Waals surface area contributed by atoms with Crippen LogP contribution in [0.3, 0.4) is 0 Å². The average molecular weight is 224 g/mol. The first-order valence-electron chi connectivity index (χ1n) is 5.80. The van der Waals surface area contributed by atoms with Gasteiger partial charge < -0.3 is 10.1 Å². The molecule has 1 N–H and O–H groups in total. The molecule has 1 aromatic heterocycles. The van der Waals surface area contributed by atoms with Crippen LogP contribution in [-0.2, 0) is 17.9 Å². The number of hydrogen-bond acceptors (Lipinski definition) is 4. The number of nitrogens with zero attached hydrogens (tertiary/aromatic N) is 3. The van der Waals surface area contributed by atoms with Gasteiger partial charge in [0.05, 0.1) is 5.60 Å².